The van der Waals surface area contributed by atoms with Crippen LogP contribution in [0, 0.1) is 6.92 Å². The largest absolute Gasteiger partial charge is 0.467 e. The first-order valence-electron chi connectivity index (χ1n) is 8.93. The number of fused-ring (bicyclic) bond motifs is 1. The average molecular weight is 389 g/mol. The summed E-state index contributed by atoms with van der Waals surface area (Å²) >= 11 is 1.55. The van der Waals surface area contributed by atoms with Gasteiger partial charge >= 0.3 is 0 Å². The van der Waals surface area contributed by atoms with Crippen LogP contribution in [0.25, 0.3) is 5.65 Å². The van der Waals surface area contributed by atoms with Crippen molar-refractivity contribution in [3.8, 4) is 0 Å². The van der Waals surface area contributed by atoms with Gasteiger partial charge in [0, 0.05) is 18.2 Å². The van der Waals surface area contributed by atoms with Crippen molar-refractivity contribution in [2.75, 3.05) is 0 Å². The van der Waals surface area contributed by atoms with E-state index in [1.807, 2.05) is 49.4 Å². The highest BCUT2D eigenvalue weighted by molar-refractivity contribution is 7.98. The zero-order valence-electron chi connectivity index (χ0n) is 15.4. The maximum atomic E-state index is 13.1. The molecule has 4 aromatic rings. The number of aryl methyl sites for hydroxylation is 1. The lowest BCUT2D eigenvalue weighted by molar-refractivity contribution is 0.513. The smallest absolute Gasteiger partial charge is 0.267 e. The fraction of sp³-hybridized carbons (Fsp3) is 0.136. The highest BCUT2D eigenvalue weighted by Gasteiger charge is 2.13. The van der Waals surface area contributed by atoms with Crippen LogP contribution in [0.5, 0.6) is 0 Å². The second-order valence-electron chi connectivity index (χ2n) is 6.34. The molecule has 0 aliphatic rings. The molecule has 0 saturated heterocycles. The highest BCUT2D eigenvalue weighted by Crippen LogP contribution is 2.23. The molecule has 0 amide bonds. The molecule has 0 aliphatic carbocycles. The number of aromatic nitrogens is 2. The van der Waals surface area contributed by atoms with Gasteiger partial charge in [0.25, 0.3) is 5.56 Å². The van der Waals surface area contributed by atoms with Crippen LogP contribution < -0.4 is 5.56 Å². The summed E-state index contributed by atoms with van der Waals surface area (Å²) in [6.07, 6.45) is 4.97. The molecule has 4 rings (SSSR count). The summed E-state index contributed by atoms with van der Waals surface area (Å²) in [5.41, 5.74) is 3.19. The summed E-state index contributed by atoms with van der Waals surface area (Å²) in [7, 11) is 0. The first kappa shape index (κ1) is 18.3. The Hall–Kier alpha value is -3.12. The van der Waals surface area contributed by atoms with E-state index in [1.54, 1.807) is 34.8 Å². The molecule has 0 bridgehead atoms. The number of nitrogens with zero attached hydrogens (tertiary/aromatic N) is 3. The van der Waals surface area contributed by atoms with Crippen LogP contribution in [0.15, 0.2) is 86.3 Å². The Labute approximate surface area is 166 Å². The Morgan fingerprint density at radius 1 is 1.14 bits per heavy atom. The number of thioether (sulfide) groups is 1. The fourth-order valence-corrected chi connectivity index (χ4v) is 3.81. The Morgan fingerprint density at radius 3 is 2.79 bits per heavy atom. The van der Waals surface area contributed by atoms with E-state index in [-0.39, 0.29) is 5.56 Å². The quantitative estimate of drug-likeness (QED) is 0.277. The zero-order chi connectivity index (χ0) is 19.3. The zero-order valence-corrected chi connectivity index (χ0v) is 16.2. The molecule has 0 atom stereocenters. The molecule has 1 aromatic carbocycles. The number of benzene rings is 1. The van der Waals surface area contributed by atoms with Crippen LogP contribution in [0.2, 0.25) is 0 Å². The van der Waals surface area contributed by atoms with Crippen LogP contribution in [0.3, 0.4) is 0 Å². The molecule has 0 spiro atoms. The predicted molar refractivity (Wildman–Crippen MR) is 112 cm³/mol. The maximum Gasteiger partial charge on any atom is 0.267 e. The molecule has 3 heterocycles. The van der Waals surface area contributed by atoms with Crippen LogP contribution >= 0.6 is 11.8 Å². The highest BCUT2D eigenvalue weighted by atomic mass is 32.2. The van der Waals surface area contributed by atoms with Gasteiger partial charge in [-0.25, -0.2) is 4.98 Å². The summed E-state index contributed by atoms with van der Waals surface area (Å²) in [5, 5.41) is 0.686. The normalized spacial score (nSPS) is 11.5. The van der Waals surface area contributed by atoms with Crippen molar-refractivity contribution in [3.63, 3.8) is 0 Å². The van der Waals surface area contributed by atoms with Gasteiger partial charge < -0.3 is 4.42 Å². The number of furan rings is 1. The number of rotatable bonds is 6. The summed E-state index contributed by atoms with van der Waals surface area (Å²) in [5.74, 6) is 1.48. The van der Waals surface area contributed by atoms with Gasteiger partial charge in [0.1, 0.15) is 16.4 Å². The molecular weight excluding hydrogens is 370 g/mol. The van der Waals surface area contributed by atoms with Crippen LogP contribution in [-0.4, -0.2) is 15.6 Å². The lowest BCUT2D eigenvalue weighted by Crippen LogP contribution is -2.21. The summed E-state index contributed by atoms with van der Waals surface area (Å²) in [4.78, 5) is 22.3. The van der Waals surface area contributed by atoms with Gasteiger partial charge in [-0.15, -0.1) is 11.8 Å². The van der Waals surface area contributed by atoms with Gasteiger partial charge in [-0.2, -0.15) is 0 Å². The molecule has 0 radical (unpaired) electrons. The van der Waals surface area contributed by atoms with Crippen molar-refractivity contribution in [1.82, 2.24) is 9.38 Å². The minimum absolute atomic E-state index is 0.118. The third-order valence-electron chi connectivity index (χ3n) is 4.32. The van der Waals surface area contributed by atoms with E-state index >= 15 is 0 Å². The van der Waals surface area contributed by atoms with Crippen molar-refractivity contribution < 1.29 is 4.42 Å². The number of hydrogen-bond donors (Lipinski definition) is 0. The SMILES string of the molecule is Cc1cccn2c(=O)c(C=NCc3ccco3)c(SCc3ccccc3)nc12. The summed E-state index contributed by atoms with van der Waals surface area (Å²) in [6, 6.07) is 17.6. The second kappa shape index (κ2) is 8.27. The first-order valence-corrected chi connectivity index (χ1v) is 9.92. The third kappa shape index (κ3) is 3.92. The molecular formula is C22H19N3O2S. The van der Waals surface area contributed by atoms with Gasteiger partial charge in [-0.3, -0.25) is 14.2 Å². The van der Waals surface area contributed by atoms with Gasteiger partial charge in [0.2, 0.25) is 0 Å². The fourth-order valence-electron chi connectivity index (χ4n) is 2.87. The molecule has 0 saturated carbocycles. The lowest BCUT2D eigenvalue weighted by atomic mass is 10.2. The Balaban J connectivity index is 1.72. The van der Waals surface area contributed by atoms with Crippen LogP contribution in [0.1, 0.15) is 22.5 Å². The Bertz CT molecular complexity index is 1170. The molecule has 0 aliphatic heterocycles. The van der Waals surface area contributed by atoms with E-state index in [2.05, 4.69) is 17.1 Å². The van der Waals surface area contributed by atoms with E-state index in [1.165, 1.54) is 5.56 Å². The minimum atomic E-state index is -0.118. The van der Waals surface area contributed by atoms with Gasteiger partial charge in [-0.05, 0) is 36.2 Å². The van der Waals surface area contributed by atoms with Gasteiger partial charge in [0.05, 0.1) is 18.4 Å². The number of aliphatic imine (C=N–C) groups is 1. The van der Waals surface area contributed by atoms with Crippen molar-refractivity contribution in [1.29, 1.82) is 0 Å². The van der Waals surface area contributed by atoms with Crippen LogP contribution in [0.4, 0.5) is 0 Å². The van der Waals surface area contributed by atoms with E-state index in [0.29, 0.717) is 22.8 Å². The molecule has 0 fully saturated rings. The van der Waals surface area contributed by atoms with E-state index < -0.39 is 0 Å². The van der Waals surface area contributed by atoms with E-state index in [9.17, 15) is 4.79 Å². The maximum absolute atomic E-state index is 13.1. The van der Waals surface area contributed by atoms with Crippen LogP contribution in [-0.2, 0) is 12.3 Å². The molecule has 3 aromatic heterocycles. The number of hydrogen-bond acceptors (Lipinski definition) is 5. The molecule has 28 heavy (non-hydrogen) atoms. The predicted octanol–water partition coefficient (Wildman–Crippen LogP) is 4.51. The van der Waals surface area contributed by atoms with Crippen molar-refractivity contribution in [2.24, 2.45) is 4.99 Å². The summed E-state index contributed by atoms with van der Waals surface area (Å²) < 4.78 is 6.88. The summed E-state index contributed by atoms with van der Waals surface area (Å²) in [6.45, 7) is 2.34. The minimum Gasteiger partial charge on any atom is -0.467 e. The van der Waals surface area contributed by atoms with Crippen molar-refractivity contribution in [2.45, 2.75) is 24.2 Å². The first-order chi connectivity index (χ1) is 13.7. The second-order valence-corrected chi connectivity index (χ2v) is 7.31. The van der Waals surface area contributed by atoms with Gasteiger partial charge in [-0.1, -0.05) is 36.4 Å². The van der Waals surface area contributed by atoms with Crippen molar-refractivity contribution >= 4 is 23.6 Å². The molecule has 140 valence electrons. The monoisotopic (exact) mass is 389 g/mol. The molecule has 5 nitrogen and oxygen atoms in total. The molecule has 0 unspecified atom stereocenters. The van der Waals surface area contributed by atoms with Crippen molar-refractivity contribution in [3.05, 3.63) is 99.9 Å². The molecule has 6 heteroatoms. The Morgan fingerprint density at radius 2 is 2.00 bits per heavy atom. The Kier molecular flexibility index (Phi) is 5.39. The third-order valence-corrected chi connectivity index (χ3v) is 5.38. The standard InChI is InChI=1S/C22H19N3O2S/c1-16-7-5-11-25-20(16)24-21(28-15-17-8-3-2-4-9-17)19(22(25)26)14-23-13-18-10-6-12-27-18/h2-12,14H,13,15H2,1H3. The lowest BCUT2D eigenvalue weighted by Gasteiger charge is -2.09. The van der Waals surface area contributed by atoms with E-state index in [4.69, 9.17) is 9.40 Å². The average Bonchev–Trinajstić information content (AvgIpc) is 3.23. The molecule has 0 N–H and O–H groups in total. The topological polar surface area (TPSA) is 59.9 Å². The van der Waals surface area contributed by atoms with E-state index in [0.717, 1.165) is 17.1 Å². The van der Waals surface area contributed by atoms with Gasteiger partial charge in [0.15, 0.2) is 0 Å². The number of pyridine rings is 1.